The van der Waals surface area contributed by atoms with E-state index in [0.717, 1.165) is 24.5 Å². The summed E-state index contributed by atoms with van der Waals surface area (Å²) >= 11 is 0. The Morgan fingerprint density at radius 2 is 2.24 bits per heavy atom. The predicted octanol–water partition coefficient (Wildman–Crippen LogP) is 2.54. The summed E-state index contributed by atoms with van der Waals surface area (Å²) in [7, 11) is 1.95. The van der Waals surface area contributed by atoms with E-state index in [9.17, 15) is 9.90 Å². The fourth-order valence-corrected chi connectivity index (χ4v) is 3.38. The molecule has 5 heteroatoms. The molecule has 0 aliphatic carbocycles. The predicted molar refractivity (Wildman–Crippen MR) is 82.2 cm³/mol. The van der Waals surface area contributed by atoms with Crippen molar-refractivity contribution in [3.8, 4) is 0 Å². The topological polar surface area (TPSA) is 67.2 Å². The quantitative estimate of drug-likeness (QED) is 0.810. The summed E-state index contributed by atoms with van der Waals surface area (Å²) in [6.07, 6.45) is 9.01. The number of aromatic nitrogens is 2. The van der Waals surface area contributed by atoms with E-state index < -0.39 is 12.0 Å². The van der Waals surface area contributed by atoms with Crippen LogP contribution in [-0.4, -0.2) is 32.7 Å². The van der Waals surface area contributed by atoms with E-state index in [4.69, 9.17) is 0 Å². The smallest absolute Gasteiger partial charge is 0.320 e. The second kappa shape index (κ2) is 7.07. The Labute approximate surface area is 126 Å². The highest BCUT2D eigenvalue weighted by Crippen LogP contribution is 2.33. The molecule has 0 spiro atoms. The van der Waals surface area contributed by atoms with E-state index in [1.54, 1.807) is 6.33 Å². The summed E-state index contributed by atoms with van der Waals surface area (Å²) in [6.45, 7) is 4.46. The third-order valence-corrected chi connectivity index (χ3v) is 4.83. The van der Waals surface area contributed by atoms with E-state index in [0.29, 0.717) is 6.42 Å². The number of imidazole rings is 1. The Kier molecular flexibility index (Phi) is 5.39. The normalized spacial score (nSPS) is 25.6. The number of nitrogens with one attached hydrogen (secondary N) is 1. The van der Waals surface area contributed by atoms with Gasteiger partial charge in [-0.15, -0.1) is 0 Å². The molecule has 3 atom stereocenters. The molecule has 0 amide bonds. The van der Waals surface area contributed by atoms with Gasteiger partial charge in [0.2, 0.25) is 0 Å². The maximum Gasteiger partial charge on any atom is 0.320 e. The molecule has 0 bridgehead atoms. The van der Waals surface area contributed by atoms with Gasteiger partial charge in [0.1, 0.15) is 6.04 Å². The molecular formula is C16H27N3O2. The molecule has 1 fully saturated rings. The first-order valence-electron chi connectivity index (χ1n) is 8.01. The molecule has 5 nitrogen and oxygen atoms in total. The fraction of sp³-hybridized carbons (Fsp3) is 0.750. The number of rotatable bonds is 7. The third kappa shape index (κ3) is 3.84. The molecule has 1 aliphatic rings. The molecule has 0 saturated carbocycles. The first-order chi connectivity index (χ1) is 10.0. The monoisotopic (exact) mass is 293 g/mol. The minimum Gasteiger partial charge on any atom is -0.480 e. The van der Waals surface area contributed by atoms with Crippen LogP contribution in [0.3, 0.4) is 0 Å². The minimum atomic E-state index is -0.749. The Hall–Kier alpha value is -1.36. The number of carboxylic acids is 1. The number of aliphatic carboxylic acids is 1. The van der Waals surface area contributed by atoms with Crippen LogP contribution >= 0.6 is 0 Å². The summed E-state index contributed by atoms with van der Waals surface area (Å²) in [5.41, 5.74) is 1.02. The number of hydrogen-bond acceptors (Lipinski definition) is 3. The van der Waals surface area contributed by atoms with Crippen molar-refractivity contribution < 1.29 is 9.90 Å². The Morgan fingerprint density at radius 3 is 2.76 bits per heavy atom. The molecule has 1 aliphatic heterocycles. The van der Waals surface area contributed by atoms with Crippen molar-refractivity contribution >= 4 is 5.97 Å². The number of aryl methyl sites for hydroxylation is 1. The van der Waals surface area contributed by atoms with Gasteiger partial charge in [0.15, 0.2) is 0 Å². The van der Waals surface area contributed by atoms with Crippen LogP contribution < -0.4 is 5.32 Å². The zero-order chi connectivity index (χ0) is 15.4. The van der Waals surface area contributed by atoms with E-state index in [-0.39, 0.29) is 12.0 Å². The molecule has 0 radical (unpaired) electrons. The van der Waals surface area contributed by atoms with E-state index >= 15 is 0 Å². The molecule has 1 unspecified atom stereocenters. The first kappa shape index (κ1) is 16.0. The van der Waals surface area contributed by atoms with Crippen LogP contribution in [0.2, 0.25) is 0 Å². The van der Waals surface area contributed by atoms with Gasteiger partial charge in [-0.3, -0.25) is 4.79 Å². The maximum absolute atomic E-state index is 11.3. The lowest BCUT2D eigenvalue weighted by atomic mass is 9.88. The van der Waals surface area contributed by atoms with Crippen molar-refractivity contribution in [3.63, 3.8) is 0 Å². The fourth-order valence-electron chi connectivity index (χ4n) is 3.38. The van der Waals surface area contributed by atoms with Crippen LogP contribution in [0.4, 0.5) is 0 Å². The van der Waals surface area contributed by atoms with Gasteiger partial charge in [0.25, 0.3) is 0 Å². The SMILES string of the molecule is CCC(CC)CCC1N[C@@H](C(=O)O)C[C@H]1c1cn(C)cn1. The molecule has 2 rings (SSSR count). The molecule has 21 heavy (non-hydrogen) atoms. The molecule has 2 N–H and O–H groups in total. The first-order valence-corrected chi connectivity index (χ1v) is 8.01. The molecule has 1 saturated heterocycles. The standard InChI is InChI=1S/C16H27N3O2/c1-4-11(5-2)6-7-13-12(8-14(18-13)16(20)21)15-9-19(3)10-17-15/h9-14,18H,4-8H2,1-3H3,(H,20,21)/t12-,13?,14-/m1/s1. The number of hydrogen-bond donors (Lipinski definition) is 2. The van der Waals surface area contributed by atoms with Crippen LogP contribution in [-0.2, 0) is 11.8 Å². The highest BCUT2D eigenvalue weighted by atomic mass is 16.4. The lowest BCUT2D eigenvalue weighted by molar-refractivity contribution is -0.139. The van der Waals surface area contributed by atoms with Gasteiger partial charge < -0.3 is 15.0 Å². The number of carbonyl (C=O) groups is 1. The van der Waals surface area contributed by atoms with E-state index in [2.05, 4.69) is 24.1 Å². The Morgan fingerprint density at radius 1 is 1.52 bits per heavy atom. The van der Waals surface area contributed by atoms with Crippen molar-refractivity contribution in [1.29, 1.82) is 0 Å². The second-order valence-electron chi connectivity index (χ2n) is 6.23. The second-order valence-corrected chi connectivity index (χ2v) is 6.23. The summed E-state index contributed by atoms with van der Waals surface area (Å²) in [4.78, 5) is 15.7. The summed E-state index contributed by atoms with van der Waals surface area (Å²) in [6, 6.07) is -0.217. The van der Waals surface area contributed by atoms with Crippen LogP contribution in [0.5, 0.6) is 0 Å². The van der Waals surface area contributed by atoms with Crippen molar-refractivity contribution in [2.45, 2.75) is 64.0 Å². The zero-order valence-electron chi connectivity index (χ0n) is 13.2. The van der Waals surface area contributed by atoms with Gasteiger partial charge in [-0.1, -0.05) is 26.7 Å². The molecule has 2 heterocycles. The average Bonchev–Trinajstić information content (AvgIpc) is 3.06. The van der Waals surface area contributed by atoms with E-state index in [1.807, 2.05) is 17.8 Å². The van der Waals surface area contributed by atoms with Crippen LogP contribution in [0.1, 0.15) is 57.6 Å². The van der Waals surface area contributed by atoms with Gasteiger partial charge in [-0.2, -0.15) is 0 Å². The average molecular weight is 293 g/mol. The van der Waals surface area contributed by atoms with Crippen molar-refractivity contribution in [1.82, 2.24) is 14.9 Å². The van der Waals surface area contributed by atoms with Gasteiger partial charge in [-0.25, -0.2) is 4.98 Å². The van der Waals surface area contributed by atoms with Crippen molar-refractivity contribution in [3.05, 3.63) is 18.2 Å². The summed E-state index contributed by atoms with van der Waals surface area (Å²) < 4.78 is 1.93. The Bertz CT molecular complexity index is 468. The van der Waals surface area contributed by atoms with Gasteiger partial charge in [0.05, 0.1) is 12.0 Å². The van der Waals surface area contributed by atoms with Crippen molar-refractivity contribution in [2.24, 2.45) is 13.0 Å². The van der Waals surface area contributed by atoms with Crippen molar-refractivity contribution in [2.75, 3.05) is 0 Å². The molecule has 1 aromatic rings. The molecule has 118 valence electrons. The van der Waals surface area contributed by atoms with Gasteiger partial charge in [0, 0.05) is 25.2 Å². The van der Waals surface area contributed by atoms with Gasteiger partial charge in [-0.05, 0) is 25.2 Å². The summed E-state index contributed by atoms with van der Waals surface area (Å²) in [5.74, 6) is 0.197. The van der Waals surface area contributed by atoms with Crippen LogP contribution in [0.15, 0.2) is 12.5 Å². The largest absolute Gasteiger partial charge is 0.480 e. The molecular weight excluding hydrogens is 266 g/mol. The van der Waals surface area contributed by atoms with Crippen LogP contribution in [0.25, 0.3) is 0 Å². The maximum atomic E-state index is 11.3. The minimum absolute atomic E-state index is 0.210. The summed E-state index contributed by atoms with van der Waals surface area (Å²) in [5, 5.41) is 12.6. The number of nitrogens with zero attached hydrogens (tertiary/aromatic N) is 2. The van der Waals surface area contributed by atoms with Crippen LogP contribution in [0, 0.1) is 5.92 Å². The van der Waals surface area contributed by atoms with Gasteiger partial charge >= 0.3 is 5.97 Å². The lowest BCUT2D eigenvalue weighted by Crippen LogP contribution is -2.36. The Balaban J connectivity index is 2.06. The third-order valence-electron chi connectivity index (χ3n) is 4.83. The zero-order valence-corrected chi connectivity index (χ0v) is 13.2. The molecule has 1 aromatic heterocycles. The highest BCUT2D eigenvalue weighted by molar-refractivity contribution is 5.74. The molecule has 0 aromatic carbocycles. The van der Waals surface area contributed by atoms with E-state index in [1.165, 1.54) is 12.8 Å². The highest BCUT2D eigenvalue weighted by Gasteiger charge is 2.38. The number of carboxylic acid groups (broad SMARTS) is 1. The lowest BCUT2D eigenvalue weighted by Gasteiger charge is -2.20.